The Balaban J connectivity index is 1.29. The number of hydrogen-bond acceptors (Lipinski definition) is 6. The average molecular weight is 521 g/mol. The zero-order valence-corrected chi connectivity index (χ0v) is 19.3. The van der Waals surface area contributed by atoms with Crippen molar-refractivity contribution in [1.82, 2.24) is 24.6 Å². The molecule has 0 spiro atoms. The second-order valence-electron chi connectivity index (χ2n) is 8.68. The van der Waals surface area contributed by atoms with Crippen LogP contribution < -0.4 is 5.32 Å². The summed E-state index contributed by atoms with van der Waals surface area (Å²) in [4.78, 5) is 23.8. The quantitative estimate of drug-likeness (QED) is 0.500. The highest BCUT2D eigenvalue weighted by Crippen LogP contribution is 2.48. The first kappa shape index (κ1) is 24.3. The molecular weight excluding hydrogens is 502 g/mol. The van der Waals surface area contributed by atoms with Crippen LogP contribution in [-0.2, 0) is 27.5 Å². The topological polar surface area (TPSA) is 105 Å². The molecule has 13 heteroatoms. The smallest absolute Gasteiger partial charge is 0.351 e. The highest BCUT2D eigenvalue weighted by Gasteiger charge is 2.58. The number of nitrogens with one attached hydrogen (secondary N) is 1. The molecule has 1 aromatic carbocycles. The maximum atomic E-state index is 13.3. The molecule has 1 amide bonds. The Morgan fingerprint density at radius 3 is 2.36 bits per heavy atom. The predicted octanol–water partition coefficient (Wildman–Crippen LogP) is 3.16. The number of amides is 1. The van der Waals surface area contributed by atoms with Crippen molar-refractivity contribution in [2.75, 3.05) is 0 Å². The number of rotatable bonds is 6. The van der Waals surface area contributed by atoms with E-state index >= 15 is 0 Å². The lowest BCUT2D eigenvalue weighted by molar-refractivity contribution is -0.145. The van der Waals surface area contributed by atoms with Gasteiger partial charge in [0.15, 0.2) is 0 Å². The normalized spacial score (nSPS) is 21.7. The summed E-state index contributed by atoms with van der Waals surface area (Å²) < 4.78 is 79.0. The Hall–Kier alpha value is -3.45. The van der Waals surface area contributed by atoms with Gasteiger partial charge in [-0.3, -0.25) is 9.78 Å². The fourth-order valence-electron chi connectivity index (χ4n) is 4.58. The summed E-state index contributed by atoms with van der Waals surface area (Å²) in [6.07, 6.45) is -0.0319. The third kappa shape index (κ3) is 4.44. The van der Waals surface area contributed by atoms with Crippen LogP contribution in [0.5, 0.6) is 0 Å². The van der Waals surface area contributed by atoms with Gasteiger partial charge < -0.3 is 5.32 Å². The fraction of sp³-hybridized carbons (Fsp3) is 0.304. The second-order valence-corrected chi connectivity index (χ2v) is 10.5. The van der Waals surface area contributed by atoms with Crippen LogP contribution in [0.15, 0.2) is 59.9 Å². The number of benzene rings is 1. The zero-order valence-electron chi connectivity index (χ0n) is 18.5. The number of pyridine rings is 1. The summed E-state index contributed by atoms with van der Waals surface area (Å²) in [5.74, 6) is -2.39. The van der Waals surface area contributed by atoms with E-state index in [1.54, 1.807) is 12.1 Å². The van der Waals surface area contributed by atoms with E-state index in [1.165, 1.54) is 22.6 Å². The molecule has 3 aromatic rings. The predicted molar refractivity (Wildman–Crippen MR) is 118 cm³/mol. The van der Waals surface area contributed by atoms with E-state index in [2.05, 4.69) is 20.3 Å². The van der Waals surface area contributed by atoms with E-state index in [0.29, 0.717) is 24.1 Å². The Bertz CT molecular complexity index is 1390. The second kappa shape index (κ2) is 8.89. The fourth-order valence-corrected chi connectivity index (χ4v) is 6.43. The number of halogens is 4. The number of aromatic nitrogens is 3. The van der Waals surface area contributed by atoms with Crippen molar-refractivity contribution in [3.8, 4) is 11.3 Å². The van der Waals surface area contributed by atoms with Crippen LogP contribution >= 0.6 is 0 Å². The number of fused-ring (bicyclic) bond motifs is 1. The van der Waals surface area contributed by atoms with Gasteiger partial charge in [0.05, 0.1) is 10.6 Å². The van der Waals surface area contributed by atoms with E-state index in [1.807, 2.05) is 0 Å². The molecule has 2 saturated heterocycles. The molecule has 2 aromatic heterocycles. The first-order chi connectivity index (χ1) is 17.0. The van der Waals surface area contributed by atoms with E-state index in [9.17, 15) is 30.8 Å². The van der Waals surface area contributed by atoms with Crippen LogP contribution in [0, 0.1) is 11.7 Å². The highest BCUT2D eigenvalue weighted by molar-refractivity contribution is 7.89. The van der Waals surface area contributed by atoms with Gasteiger partial charge in [-0.1, -0.05) is 0 Å². The summed E-state index contributed by atoms with van der Waals surface area (Å²) >= 11 is 0. The van der Waals surface area contributed by atoms with Gasteiger partial charge in [0, 0.05) is 36.7 Å². The van der Waals surface area contributed by atoms with Gasteiger partial charge in [-0.05, 0) is 60.7 Å². The molecule has 0 unspecified atom stereocenters. The summed E-state index contributed by atoms with van der Waals surface area (Å²) in [5.41, 5.74) is 1.19. The van der Waals surface area contributed by atoms with Gasteiger partial charge >= 0.3 is 6.18 Å². The van der Waals surface area contributed by atoms with Crippen LogP contribution in [0.3, 0.4) is 0 Å². The van der Waals surface area contributed by atoms with Crippen LogP contribution in [-0.4, -0.2) is 45.7 Å². The minimum absolute atomic E-state index is 0.0498. The van der Waals surface area contributed by atoms with Crippen LogP contribution in [0.25, 0.3) is 11.3 Å². The van der Waals surface area contributed by atoms with Crippen molar-refractivity contribution in [1.29, 1.82) is 0 Å². The van der Waals surface area contributed by atoms with Crippen LogP contribution in [0.2, 0.25) is 0 Å². The third-order valence-electron chi connectivity index (χ3n) is 6.38. The lowest BCUT2D eigenvalue weighted by Gasteiger charge is -2.25. The molecule has 36 heavy (non-hydrogen) atoms. The Kier molecular flexibility index (Phi) is 5.99. The number of carbonyl (C=O) groups excluding carboxylic acids is 1. The summed E-state index contributed by atoms with van der Waals surface area (Å²) in [5, 5.41) is 2.76. The lowest BCUT2D eigenvalue weighted by atomic mass is 9.83. The minimum Gasteiger partial charge on any atom is -0.351 e. The molecule has 1 N–H and O–H groups in total. The summed E-state index contributed by atoms with van der Waals surface area (Å²) in [6.45, 7) is 0.0498. The molecule has 188 valence electrons. The molecule has 8 nitrogen and oxygen atoms in total. The van der Waals surface area contributed by atoms with E-state index in [-0.39, 0.29) is 29.0 Å². The molecule has 1 aliphatic carbocycles. The first-order valence-electron chi connectivity index (χ1n) is 11.0. The minimum atomic E-state index is -4.66. The summed E-state index contributed by atoms with van der Waals surface area (Å²) in [6, 6.07) is 6.51. The zero-order chi connectivity index (χ0) is 25.7. The van der Waals surface area contributed by atoms with E-state index < -0.39 is 39.8 Å². The molecule has 1 saturated carbocycles. The van der Waals surface area contributed by atoms with Crippen molar-refractivity contribution in [3.05, 3.63) is 72.2 Å². The number of hydrogen-bond donors (Lipinski definition) is 1. The summed E-state index contributed by atoms with van der Waals surface area (Å²) in [7, 11) is -4.00. The molecule has 4 heterocycles. The molecule has 6 rings (SSSR count). The first-order valence-corrected chi connectivity index (χ1v) is 12.4. The maximum absolute atomic E-state index is 13.3. The number of alkyl halides is 3. The highest BCUT2D eigenvalue weighted by atomic mass is 32.2. The van der Waals surface area contributed by atoms with Gasteiger partial charge in [-0.25, -0.2) is 22.8 Å². The maximum Gasteiger partial charge on any atom is 0.451 e. The van der Waals surface area contributed by atoms with E-state index in [4.69, 9.17) is 0 Å². The van der Waals surface area contributed by atoms with Crippen molar-refractivity contribution in [2.45, 2.75) is 42.5 Å². The molecule has 2 aliphatic heterocycles. The van der Waals surface area contributed by atoms with Crippen molar-refractivity contribution in [2.24, 2.45) is 5.92 Å². The lowest BCUT2D eigenvalue weighted by Crippen LogP contribution is -2.46. The van der Waals surface area contributed by atoms with Crippen LogP contribution in [0.1, 0.15) is 24.2 Å². The SMILES string of the molecule is O=C(NCc1ccnc(-c2cnc(C(F)(F)F)nc2)c1)[C@@H]1C2CC(C2)N1S(=O)(=O)c1ccc(F)cc1. The Morgan fingerprint density at radius 1 is 1.06 bits per heavy atom. The number of carbonyl (C=O) groups is 1. The van der Waals surface area contributed by atoms with Gasteiger partial charge in [0.25, 0.3) is 0 Å². The van der Waals surface area contributed by atoms with Gasteiger partial charge in [-0.15, -0.1) is 0 Å². The molecule has 3 aliphatic rings. The molecule has 3 fully saturated rings. The third-order valence-corrected chi connectivity index (χ3v) is 8.33. The standard InChI is InChI=1S/C23H19F4N5O3S/c24-16-1-3-18(4-2-16)36(34,35)32-17-8-14(9-17)20(32)21(33)29-10-13-5-6-28-19(7-13)15-11-30-22(31-12-15)23(25,26)27/h1-7,11-12,14,17,20H,8-10H2,(H,29,33)/t14?,17?,20-/m0/s1. The van der Waals surface area contributed by atoms with Crippen molar-refractivity contribution >= 4 is 15.9 Å². The van der Waals surface area contributed by atoms with E-state index in [0.717, 1.165) is 24.5 Å². The van der Waals surface area contributed by atoms with Gasteiger partial charge in [0.2, 0.25) is 21.8 Å². The largest absolute Gasteiger partial charge is 0.451 e. The Morgan fingerprint density at radius 2 is 1.72 bits per heavy atom. The molecule has 0 radical (unpaired) electrons. The number of sulfonamides is 1. The molecule has 1 atom stereocenters. The van der Waals surface area contributed by atoms with Crippen LogP contribution in [0.4, 0.5) is 17.6 Å². The van der Waals surface area contributed by atoms with Crippen molar-refractivity contribution < 1.29 is 30.8 Å². The van der Waals surface area contributed by atoms with Crippen molar-refractivity contribution in [3.63, 3.8) is 0 Å². The van der Waals surface area contributed by atoms with Gasteiger partial charge in [0.1, 0.15) is 11.9 Å². The molecular formula is C23H19F4N5O3S. The monoisotopic (exact) mass is 521 g/mol. The molecule has 2 bridgehead atoms. The number of nitrogens with zero attached hydrogens (tertiary/aromatic N) is 4. The van der Waals surface area contributed by atoms with Gasteiger partial charge in [-0.2, -0.15) is 17.5 Å². The average Bonchev–Trinajstić information content (AvgIpc) is 3.40. The Labute approximate surface area is 203 Å².